The highest BCUT2D eigenvalue weighted by atomic mass is 19.4. The molecule has 2 aliphatic rings. The molecule has 1 saturated carbocycles. The Hall–Kier alpha value is -2.29. The Bertz CT molecular complexity index is 937. The van der Waals surface area contributed by atoms with Crippen molar-refractivity contribution in [3.63, 3.8) is 0 Å². The van der Waals surface area contributed by atoms with Crippen LogP contribution in [0.2, 0.25) is 0 Å². The van der Waals surface area contributed by atoms with Crippen LogP contribution in [-0.2, 0) is 0 Å². The highest BCUT2D eigenvalue weighted by molar-refractivity contribution is 5.72. The van der Waals surface area contributed by atoms with Crippen molar-refractivity contribution in [1.29, 1.82) is 0 Å². The Morgan fingerprint density at radius 2 is 1.71 bits per heavy atom. The lowest BCUT2D eigenvalue weighted by Gasteiger charge is -2.42. The van der Waals surface area contributed by atoms with E-state index >= 15 is 0 Å². The van der Waals surface area contributed by atoms with Crippen molar-refractivity contribution in [2.75, 3.05) is 39.8 Å². The summed E-state index contributed by atoms with van der Waals surface area (Å²) in [7, 11) is 1.58. The Morgan fingerprint density at radius 3 is 2.32 bits per heavy atom. The molecule has 2 aromatic carbocycles. The minimum Gasteiger partial charge on any atom is -0.496 e. The summed E-state index contributed by atoms with van der Waals surface area (Å²) in [6.07, 6.45) is -0.0195. The topological polar surface area (TPSA) is 54.0 Å². The molecule has 2 aromatic rings. The second-order valence-electron chi connectivity index (χ2n) is 9.30. The molecule has 1 atom stereocenters. The number of methoxy groups -OCH3 is 1. The third-order valence-electron chi connectivity index (χ3n) is 7.04. The minimum atomic E-state index is -4.73. The third-order valence-corrected chi connectivity index (χ3v) is 7.04. The minimum absolute atomic E-state index is 0.0663. The fraction of sp³-hybridized carbons (Fsp3) is 0.538. The molecule has 2 N–H and O–H groups in total. The van der Waals surface area contributed by atoms with Crippen LogP contribution in [0, 0.1) is 0 Å². The number of hydrogen-bond acceptors (Lipinski definition) is 5. The first-order chi connectivity index (χ1) is 16.3. The van der Waals surface area contributed by atoms with E-state index < -0.39 is 12.0 Å². The molecule has 5 nitrogen and oxygen atoms in total. The molecule has 0 radical (unpaired) electrons. The molecular weight excluding hydrogens is 445 g/mol. The van der Waals surface area contributed by atoms with Gasteiger partial charge in [0.05, 0.1) is 12.7 Å². The molecule has 1 aliphatic heterocycles. The van der Waals surface area contributed by atoms with Crippen LogP contribution in [-0.4, -0.2) is 61.8 Å². The molecule has 2 fully saturated rings. The van der Waals surface area contributed by atoms with Crippen LogP contribution in [0.1, 0.15) is 43.6 Å². The van der Waals surface area contributed by atoms with E-state index in [0.717, 1.165) is 81.5 Å². The van der Waals surface area contributed by atoms with Gasteiger partial charge in [-0.3, -0.25) is 0 Å². The molecule has 34 heavy (non-hydrogen) atoms. The monoisotopic (exact) mass is 478 g/mol. The number of aliphatic hydroxyl groups is 1. The Labute approximate surface area is 198 Å². The molecule has 0 aromatic heterocycles. The van der Waals surface area contributed by atoms with Crippen LogP contribution in [0.3, 0.4) is 0 Å². The van der Waals surface area contributed by atoms with Crippen molar-refractivity contribution in [1.82, 2.24) is 10.2 Å². The molecule has 0 amide bonds. The van der Waals surface area contributed by atoms with Gasteiger partial charge in [0.1, 0.15) is 11.5 Å². The van der Waals surface area contributed by atoms with E-state index in [-0.39, 0.29) is 11.7 Å². The summed E-state index contributed by atoms with van der Waals surface area (Å²) in [5.74, 6) is 0.299. The molecule has 1 aliphatic carbocycles. The number of alkyl halides is 3. The van der Waals surface area contributed by atoms with E-state index in [2.05, 4.69) is 15.0 Å². The van der Waals surface area contributed by atoms with Crippen molar-refractivity contribution in [3.8, 4) is 22.6 Å². The van der Waals surface area contributed by atoms with Crippen LogP contribution >= 0.6 is 0 Å². The summed E-state index contributed by atoms with van der Waals surface area (Å²) < 4.78 is 47.3. The molecular formula is C26H33F3N2O3. The maximum absolute atomic E-state index is 12.6. The molecule has 1 saturated heterocycles. The molecule has 0 bridgehead atoms. The number of ether oxygens (including phenoxy) is 2. The van der Waals surface area contributed by atoms with Gasteiger partial charge < -0.3 is 24.8 Å². The van der Waals surface area contributed by atoms with E-state index in [9.17, 15) is 18.3 Å². The van der Waals surface area contributed by atoms with Crippen molar-refractivity contribution >= 4 is 0 Å². The van der Waals surface area contributed by atoms with Gasteiger partial charge >= 0.3 is 6.36 Å². The Kier molecular flexibility index (Phi) is 7.70. The van der Waals surface area contributed by atoms with Gasteiger partial charge in [0.25, 0.3) is 0 Å². The smallest absolute Gasteiger partial charge is 0.496 e. The van der Waals surface area contributed by atoms with E-state index in [0.29, 0.717) is 5.75 Å². The number of nitrogens with zero attached hydrogens (tertiary/aromatic N) is 1. The molecule has 8 heteroatoms. The lowest BCUT2D eigenvalue weighted by Crippen LogP contribution is -2.49. The van der Waals surface area contributed by atoms with Gasteiger partial charge in [-0.2, -0.15) is 0 Å². The highest BCUT2D eigenvalue weighted by Crippen LogP contribution is 2.43. The summed E-state index contributed by atoms with van der Waals surface area (Å²) in [6.45, 7) is 4.52. The second-order valence-corrected chi connectivity index (χ2v) is 9.30. The average molecular weight is 479 g/mol. The number of piperazine rings is 1. The van der Waals surface area contributed by atoms with E-state index in [1.165, 1.54) is 12.1 Å². The lowest BCUT2D eigenvalue weighted by atomic mass is 9.72. The molecule has 1 unspecified atom stereocenters. The van der Waals surface area contributed by atoms with Gasteiger partial charge in [0.15, 0.2) is 0 Å². The van der Waals surface area contributed by atoms with Crippen molar-refractivity contribution < 1.29 is 27.8 Å². The first-order valence-electron chi connectivity index (χ1n) is 12.0. The zero-order valence-corrected chi connectivity index (χ0v) is 19.5. The number of benzene rings is 2. The van der Waals surface area contributed by atoms with Crippen LogP contribution in [0.4, 0.5) is 13.2 Å². The normalized spacial score (nSPS) is 20.0. The predicted octanol–water partition coefficient (Wildman–Crippen LogP) is 4.94. The van der Waals surface area contributed by atoms with Crippen molar-refractivity contribution in [2.45, 2.75) is 50.0 Å². The molecule has 1 heterocycles. The number of nitrogens with one attached hydrogen (secondary N) is 1. The Morgan fingerprint density at radius 1 is 1.03 bits per heavy atom. The average Bonchev–Trinajstić information content (AvgIpc) is 2.83. The van der Waals surface area contributed by atoms with Crippen LogP contribution in [0.25, 0.3) is 11.1 Å². The molecule has 186 valence electrons. The fourth-order valence-electron chi connectivity index (χ4n) is 5.25. The largest absolute Gasteiger partial charge is 0.573 e. The lowest BCUT2D eigenvalue weighted by molar-refractivity contribution is -0.274. The number of rotatable bonds is 7. The quantitative estimate of drug-likeness (QED) is 0.590. The van der Waals surface area contributed by atoms with Crippen LogP contribution in [0.15, 0.2) is 42.5 Å². The standard InChI is InChI=1S/C26H33F3N2O3/c1-33-24-10-7-20(17-22(24)19-5-8-21(9-6-19)34-26(27,28)29)23(18-31-15-13-30-14-16-31)25(32)11-3-2-4-12-25/h5-10,17,23,30,32H,2-4,11-16,18H2,1H3. The van der Waals surface area contributed by atoms with Crippen LogP contribution in [0.5, 0.6) is 11.5 Å². The van der Waals surface area contributed by atoms with Gasteiger partial charge in [-0.15, -0.1) is 13.2 Å². The number of hydrogen-bond donors (Lipinski definition) is 2. The summed E-state index contributed by atoms with van der Waals surface area (Å²) >= 11 is 0. The van der Waals surface area contributed by atoms with E-state index in [1.54, 1.807) is 19.2 Å². The Balaban J connectivity index is 1.67. The van der Waals surface area contributed by atoms with Crippen molar-refractivity contribution in [3.05, 3.63) is 48.0 Å². The zero-order chi connectivity index (χ0) is 24.2. The first-order valence-corrected chi connectivity index (χ1v) is 12.0. The number of halogens is 3. The first kappa shape index (κ1) is 24.8. The maximum Gasteiger partial charge on any atom is 0.573 e. The van der Waals surface area contributed by atoms with Gasteiger partial charge in [-0.25, -0.2) is 0 Å². The SMILES string of the molecule is COc1ccc(C(CN2CCNCC2)C2(O)CCCCC2)cc1-c1ccc(OC(F)(F)F)cc1. The zero-order valence-electron chi connectivity index (χ0n) is 19.5. The summed E-state index contributed by atoms with van der Waals surface area (Å²) in [6, 6.07) is 11.7. The fourth-order valence-corrected chi connectivity index (χ4v) is 5.25. The van der Waals surface area contributed by atoms with Gasteiger partial charge in [0.2, 0.25) is 0 Å². The second kappa shape index (κ2) is 10.5. The molecule has 0 spiro atoms. The van der Waals surface area contributed by atoms with Gasteiger partial charge in [-0.05, 0) is 48.2 Å². The third kappa shape index (κ3) is 6.03. The van der Waals surface area contributed by atoms with Crippen LogP contribution < -0.4 is 14.8 Å². The van der Waals surface area contributed by atoms with E-state index in [1.807, 2.05) is 18.2 Å². The summed E-state index contributed by atoms with van der Waals surface area (Å²) in [5, 5.41) is 15.1. The summed E-state index contributed by atoms with van der Waals surface area (Å²) in [4.78, 5) is 2.40. The maximum atomic E-state index is 12.6. The van der Waals surface area contributed by atoms with Gasteiger partial charge in [0, 0.05) is 44.2 Å². The highest BCUT2D eigenvalue weighted by Gasteiger charge is 2.40. The van der Waals surface area contributed by atoms with E-state index in [4.69, 9.17) is 4.74 Å². The predicted molar refractivity (Wildman–Crippen MR) is 125 cm³/mol. The van der Waals surface area contributed by atoms with Crippen molar-refractivity contribution in [2.24, 2.45) is 0 Å². The van der Waals surface area contributed by atoms with Gasteiger partial charge in [-0.1, -0.05) is 37.5 Å². The molecule has 4 rings (SSSR count). The summed E-state index contributed by atoms with van der Waals surface area (Å²) in [5.41, 5.74) is 1.75.